The van der Waals surface area contributed by atoms with Gasteiger partial charge >= 0.3 is 0 Å². The van der Waals surface area contributed by atoms with Gasteiger partial charge in [0.1, 0.15) is 0 Å². The summed E-state index contributed by atoms with van der Waals surface area (Å²) in [5, 5.41) is 0.491. The van der Waals surface area contributed by atoms with Crippen LogP contribution in [0.2, 0.25) is 5.02 Å². The summed E-state index contributed by atoms with van der Waals surface area (Å²) in [6.07, 6.45) is 3.06. The summed E-state index contributed by atoms with van der Waals surface area (Å²) in [5.41, 5.74) is 0. The maximum Gasteiger partial charge on any atom is 0.243 e. The number of rotatable bonds is 4. The van der Waals surface area contributed by atoms with Crippen molar-refractivity contribution in [3.63, 3.8) is 0 Å². The van der Waals surface area contributed by atoms with Gasteiger partial charge in [0.25, 0.3) is 0 Å². The molecule has 3 heterocycles. The number of likely N-dealkylation sites (tertiary alicyclic amines) is 1. The van der Waals surface area contributed by atoms with Crippen LogP contribution in [0.25, 0.3) is 0 Å². The highest BCUT2D eigenvalue weighted by Crippen LogP contribution is 2.29. The maximum absolute atomic E-state index is 13.2. The normalized spacial score (nSPS) is 27.3. The first-order chi connectivity index (χ1) is 13.9. The van der Waals surface area contributed by atoms with Crippen LogP contribution in [0.5, 0.6) is 0 Å². The van der Waals surface area contributed by atoms with Gasteiger partial charge in [-0.3, -0.25) is 4.79 Å². The van der Waals surface area contributed by atoms with E-state index in [9.17, 15) is 13.2 Å². The molecular formula is C20H27ClN2O5S. The highest BCUT2D eigenvalue weighted by Gasteiger charge is 2.38. The Balaban J connectivity index is 1.42. The average Bonchev–Trinajstić information content (AvgIpc) is 3.29. The number of benzene rings is 1. The third-order valence-corrected chi connectivity index (χ3v) is 8.12. The number of carbonyl (C=O) groups excluding carboxylic acids is 1. The molecule has 9 heteroatoms. The Labute approximate surface area is 176 Å². The molecule has 2 unspecified atom stereocenters. The van der Waals surface area contributed by atoms with E-state index in [-0.39, 0.29) is 35.5 Å². The van der Waals surface area contributed by atoms with Crippen LogP contribution in [0.4, 0.5) is 0 Å². The van der Waals surface area contributed by atoms with Crippen molar-refractivity contribution in [1.82, 2.24) is 9.21 Å². The summed E-state index contributed by atoms with van der Waals surface area (Å²) >= 11 is 5.88. The molecule has 3 aliphatic rings. The second-order valence-electron chi connectivity index (χ2n) is 7.95. The topological polar surface area (TPSA) is 76.2 Å². The number of halogens is 1. The molecule has 1 aromatic carbocycles. The van der Waals surface area contributed by atoms with E-state index in [1.54, 1.807) is 12.1 Å². The van der Waals surface area contributed by atoms with E-state index in [1.165, 1.54) is 16.4 Å². The van der Waals surface area contributed by atoms with Gasteiger partial charge < -0.3 is 14.4 Å². The molecule has 3 fully saturated rings. The van der Waals surface area contributed by atoms with E-state index >= 15 is 0 Å². The first-order valence-electron chi connectivity index (χ1n) is 10.2. The van der Waals surface area contributed by atoms with Crippen LogP contribution < -0.4 is 0 Å². The van der Waals surface area contributed by atoms with E-state index in [1.807, 2.05) is 4.90 Å². The molecule has 0 aromatic heterocycles. The zero-order chi connectivity index (χ0) is 20.4. The Hall–Kier alpha value is -1.19. The molecular weight excluding hydrogens is 416 g/mol. The molecule has 160 valence electrons. The quantitative estimate of drug-likeness (QED) is 0.715. The molecule has 0 saturated carbocycles. The molecule has 1 amide bonds. The van der Waals surface area contributed by atoms with Crippen LogP contribution >= 0.6 is 11.6 Å². The van der Waals surface area contributed by atoms with Crippen molar-refractivity contribution in [2.24, 2.45) is 11.8 Å². The van der Waals surface area contributed by atoms with Crippen molar-refractivity contribution in [2.75, 3.05) is 39.4 Å². The summed E-state index contributed by atoms with van der Waals surface area (Å²) in [6.45, 7) is 3.19. The van der Waals surface area contributed by atoms with Gasteiger partial charge in [0, 0.05) is 37.1 Å². The van der Waals surface area contributed by atoms with E-state index in [2.05, 4.69) is 0 Å². The number of amides is 1. The number of ether oxygens (including phenoxy) is 2. The summed E-state index contributed by atoms with van der Waals surface area (Å²) in [7, 11) is -3.64. The van der Waals surface area contributed by atoms with Gasteiger partial charge in [-0.1, -0.05) is 11.6 Å². The lowest BCUT2D eigenvalue weighted by Crippen LogP contribution is -2.50. The van der Waals surface area contributed by atoms with Crippen LogP contribution in [0, 0.1) is 11.8 Å². The lowest BCUT2D eigenvalue weighted by molar-refractivity contribution is -0.144. The lowest BCUT2D eigenvalue weighted by Gasteiger charge is -2.38. The second-order valence-corrected chi connectivity index (χ2v) is 10.3. The number of hydrogen-bond donors (Lipinski definition) is 0. The zero-order valence-electron chi connectivity index (χ0n) is 16.3. The largest absolute Gasteiger partial charge is 0.350 e. The fraction of sp³-hybridized carbons (Fsp3) is 0.650. The predicted octanol–water partition coefficient (Wildman–Crippen LogP) is 2.35. The number of hydrogen-bond acceptors (Lipinski definition) is 5. The van der Waals surface area contributed by atoms with E-state index in [4.69, 9.17) is 21.1 Å². The van der Waals surface area contributed by atoms with Crippen LogP contribution in [0.1, 0.15) is 25.7 Å². The highest BCUT2D eigenvalue weighted by atomic mass is 35.5. The second kappa shape index (κ2) is 8.89. The highest BCUT2D eigenvalue weighted by molar-refractivity contribution is 7.89. The van der Waals surface area contributed by atoms with Gasteiger partial charge in [-0.15, -0.1) is 0 Å². The van der Waals surface area contributed by atoms with Gasteiger partial charge in [-0.25, -0.2) is 8.42 Å². The number of carbonyl (C=O) groups is 1. The fourth-order valence-electron chi connectivity index (χ4n) is 4.46. The number of piperidine rings is 2. The molecule has 0 spiro atoms. The molecule has 4 rings (SSSR count). The Morgan fingerprint density at radius 2 is 1.69 bits per heavy atom. The summed E-state index contributed by atoms with van der Waals surface area (Å²) in [5.74, 6) is -0.0774. The number of nitrogens with zero attached hydrogens (tertiary/aromatic N) is 2. The van der Waals surface area contributed by atoms with Crippen molar-refractivity contribution in [2.45, 2.75) is 36.9 Å². The molecule has 3 saturated heterocycles. The molecule has 7 nitrogen and oxygen atoms in total. The van der Waals surface area contributed by atoms with Gasteiger partial charge in [-0.05, 0) is 49.9 Å². The molecule has 29 heavy (non-hydrogen) atoms. The minimum atomic E-state index is -3.64. The molecule has 0 aliphatic carbocycles. The smallest absolute Gasteiger partial charge is 0.243 e. The van der Waals surface area contributed by atoms with E-state index in [0.717, 1.165) is 12.8 Å². The van der Waals surface area contributed by atoms with Gasteiger partial charge in [0.15, 0.2) is 6.29 Å². The van der Waals surface area contributed by atoms with Crippen molar-refractivity contribution in [3.8, 4) is 0 Å². The first kappa shape index (κ1) is 21.1. The third kappa shape index (κ3) is 4.61. The van der Waals surface area contributed by atoms with Crippen molar-refractivity contribution < 1.29 is 22.7 Å². The summed E-state index contributed by atoms with van der Waals surface area (Å²) in [6, 6.07) is 6.17. The monoisotopic (exact) mass is 442 g/mol. The Morgan fingerprint density at radius 3 is 2.41 bits per heavy atom. The summed E-state index contributed by atoms with van der Waals surface area (Å²) < 4.78 is 38.7. The molecule has 2 atom stereocenters. The predicted molar refractivity (Wildman–Crippen MR) is 108 cm³/mol. The van der Waals surface area contributed by atoms with Gasteiger partial charge in [-0.2, -0.15) is 4.31 Å². The van der Waals surface area contributed by atoms with Crippen molar-refractivity contribution >= 4 is 27.5 Å². The minimum Gasteiger partial charge on any atom is -0.350 e. The minimum absolute atomic E-state index is 0.0451. The Morgan fingerprint density at radius 1 is 1.00 bits per heavy atom. The van der Waals surface area contributed by atoms with Crippen LogP contribution in [0.15, 0.2) is 29.2 Å². The van der Waals surface area contributed by atoms with Crippen LogP contribution in [-0.4, -0.2) is 69.2 Å². The zero-order valence-corrected chi connectivity index (χ0v) is 17.9. The average molecular weight is 443 g/mol. The molecule has 0 N–H and O–H groups in total. The summed E-state index contributed by atoms with van der Waals surface area (Å²) in [4.78, 5) is 15.3. The molecule has 1 aromatic rings. The third-order valence-electron chi connectivity index (χ3n) is 5.99. The van der Waals surface area contributed by atoms with E-state index < -0.39 is 10.0 Å². The van der Waals surface area contributed by atoms with Gasteiger partial charge in [0.2, 0.25) is 15.9 Å². The molecule has 0 bridgehead atoms. The van der Waals surface area contributed by atoms with E-state index in [0.29, 0.717) is 50.7 Å². The van der Waals surface area contributed by atoms with Crippen LogP contribution in [0.3, 0.4) is 0 Å². The van der Waals surface area contributed by atoms with Gasteiger partial charge in [0.05, 0.1) is 24.0 Å². The lowest BCUT2D eigenvalue weighted by atomic mass is 9.93. The Kier molecular flexibility index (Phi) is 6.46. The number of sulfonamides is 1. The van der Waals surface area contributed by atoms with Crippen LogP contribution in [-0.2, 0) is 24.3 Å². The standard InChI is InChI=1S/C20H27ClN2O5S/c21-17-5-7-18(8-6-17)29(25,26)23-10-2-3-15(14-23)19(24)22-9-1-4-16(13-22)20-27-11-12-28-20/h5-8,15-16,20H,1-4,9-14H2. The molecule has 0 radical (unpaired) electrons. The fourth-order valence-corrected chi connectivity index (χ4v) is 6.11. The SMILES string of the molecule is O=C(C1CCCN(S(=O)(=O)c2ccc(Cl)cc2)C1)N1CCCC(C2OCCO2)C1. The van der Waals surface area contributed by atoms with Crippen molar-refractivity contribution in [3.05, 3.63) is 29.3 Å². The molecule has 3 aliphatic heterocycles. The Bertz CT molecular complexity index is 826. The van der Waals surface area contributed by atoms with Crippen molar-refractivity contribution in [1.29, 1.82) is 0 Å². The maximum atomic E-state index is 13.2. The first-order valence-corrected chi connectivity index (χ1v) is 12.0.